The van der Waals surface area contributed by atoms with Gasteiger partial charge in [0.05, 0.1) is 25.0 Å². The van der Waals surface area contributed by atoms with Crippen molar-refractivity contribution < 1.29 is 32.7 Å². The molecule has 0 bridgehead atoms. The number of alkyl carbamates (subject to hydrolysis) is 1. The quantitative estimate of drug-likeness (QED) is 0.282. The lowest BCUT2D eigenvalue weighted by Crippen LogP contribution is -2.56. The van der Waals surface area contributed by atoms with Crippen molar-refractivity contribution in [3.63, 3.8) is 0 Å². The highest BCUT2D eigenvalue weighted by molar-refractivity contribution is 7.54. The van der Waals surface area contributed by atoms with E-state index in [0.717, 1.165) is 0 Å². The number of alkyl halides is 2. The Labute approximate surface area is 187 Å². The molecule has 0 unspecified atom stereocenters. The molecule has 0 saturated heterocycles. The van der Waals surface area contributed by atoms with Gasteiger partial charge in [0.15, 0.2) is 0 Å². The van der Waals surface area contributed by atoms with Crippen molar-refractivity contribution in [3.8, 4) is 0 Å². The van der Waals surface area contributed by atoms with Gasteiger partial charge in [0.25, 0.3) is 0 Å². The maximum absolute atomic E-state index is 12.7. The highest BCUT2D eigenvalue weighted by Gasteiger charge is 2.35. The van der Waals surface area contributed by atoms with Crippen LogP contribution in [0.4, 0.5) is 4.79 Å². The zero-order valence-corrected chi connectivity index (χ0v) is 20.5. The minimum atomic E-state index is -3.59. The van der Waals surface area contributed by atoms with Gasteiger partial charge in [-0.05, 0) is 41.5 Å². The van der Waals surface area contributed by atoms with Gasteiger partial charge in [0.1, 0.15) is 23.5 Å². The van der Waals surface area contributed by atoms with E-state index in [1.165, 1.54) is 6.92 Å². The lowest BCUT2D eigenvalue weighted by Gasteiger charge is -2.26. The predicted octanol–water partition coefficient (Wildman–Crippen LogP) is 2.57. The number of rotatable bonds is 12. The molecule has 0 aliphatic heterocycles. The van der Waals surface area contributed by atoms with Crippen LogP contribution >= 0.6 is 30.8 Å². The molecule has 13 heteroatoms. The van der Waals surface area contributed by atoms with E-state index in [4.69, 9.17) is 37.0 Å². The van der Waals surface area contributed by atoms with Crippen LogP contribution in [0.1, 0.15) is 41.5 Å². The summed E-state index contributed by atoms with van der Waals surface area (Å²) in [7, 11) is -3.59. The third-order valence-corrected chi connectivity index (χ3v) is 6.32. The molecule has 0 heterocycles. The lowest BCUT2D eigenvalue weighted by molar-refractivity contribution is -0.129. The van der Waals surface area contributed by atoms with Crippen LogP contribution in [-0.4, -0.2) is 66.3 Å². The van der Waals surface area contributed by atoms with E-state index in [1.54, 1.807) is 34.6 Å². The van der Waals surface area contributed by atoms with E-state index in [9.17, 15) is 18.9 Å². The zero-order valence-electron chi connectivity index (χ0n) is 18.1. The second-order valence-electron chi connectivity index (χ2n) is 7.13. The molecule has 0 saturated carbocycles. The van der Waals surface area contributed by atoms with Crippen LogP contribution in [0.15, 0.2) is 0 Å². The largest absolute Gasteiger partial charge is 0.444 e. The topological polar surface area (TPSA) is 132 Å². The van der Waals surface area contributed by atoms with Gasteiger partial charge in [0.2, 0.25) is 11.8 Å². The Hall–Kier alpha value is -1.06. The monoisotopic (exact) mass is 491 g/mol. The van der Waals surface area contributed by atoms with Crippen molar-refractivity contribution in [2.24, 2.45) is 0 Å². The number of amides is 3. The lowest BCUT2D eigenvalue weighted by atomic mass is 10.2. The minimum absolute atomic E-state index is 0.126. The first-order chi connectivity index (χ1) is 13.8. The molecule has 3 amide bonds. The fourth-order valence-electron chi connectivity index (χ4n) is 2.08. The average Bonchev–Trinajstić information content (AvgIpc) is 2.62. The summed E-state index contributed by atoms with van der Waals surface area (Å²) in [6.07, 6.45) is -0.835. The predicted molar refractivity (Wildman–Crippen MR) is 115 cm³/mol. The van der Waals surface area contributed by atoms with Crippen LogP contribution in [0.3, 0.4) is 0 Å². The Morgan fingerprint density at radius 3 is 1.73 bits per heavy atom. The van der Waals surface area contributed by atoms with E-state index in [0.29, 0.717) is 0 Å². The molecule has 0 spiro atoms. The summed E-state index contributed by atoms with van der Waals surface area (Å²) in [4.78, 5) is 36.8. The van der Waals surface area contributed by atoms with Gasteiger partial charge in [-0.2, -0.15) is 0 Å². The summed E-state index contributed by atoms with van der Waals surface area (Å²) in [6.45, 7) is 10.0. The number of ether oxygens (including phenoxy) is 1. The highest BCUT2D eigenvalue weighted by atomic mass is 35.5. The van der Waals surface area contributed by atoms with E-state index < -0.39 is 49.0 Å². The van der Waals surface area contributed by atoms with Gasteiger partial charge in [-0.1, -0.05) is 0 Å². The molecule has 3 atom stereocenters. The average molecular weight is 492 g/mol. The summed E-state index contributed by atoms with van der Waals surface area (Å²) in [5, 5.41) is 7.20. The van der Waals surface area contributed by atoms with Crippen molar-refractivity contribution in [1.29, 1.82) is 0 Å². The normalized spacial score (nSPS) is 14.9. The highest BCUT2D eigenvalue weighted by Crippen LogP contribution is 2.51. The molecule has 0 aromatic heterocycles. The SMILES string of the molecule is CCOP(=O)(OCC)[C@H](C)NC(=O)[C@H](CCl)NC(=O)[C@H](CCl)NC(=O)OC(C)(C)C. The molecule has 3 N–H and O–H groups in total. The number of carbonyl (C=O) groups excluding carboxylic acids is 3. The molecule has 0 aromatic rings. The second-order valence-corrected chi connectivity index (χ2v) is 10.1. The number of hydrogen-bond donors (Lipinski definition) is 3. The molecule has 0 fully saturated rings. The maximum Gasteiger partial charge on any atom is 0.408 e. The van der Waals surface area contributed by atoms with Crippen LogP contribution in [0, 0.1) is 0 Å². The van der Waals surface area contributed by atoms with Crippen molar-refractivity contribution in [2.45, 2.75) is 65.0 Å². The van der Waals surface area contributed by atoms with Gasteiger partial charge < -0.3 is 29.7 Å². The molecular weight excluding hydrogens is 460 g/mol. The first-order valence-corrected chi connectivity index (χ1v) is 12.1. The van der Waals surface area contributed by atoms with E-state index >= 15 is 0 Å². The Kier molecular flexibility index (Phi) is 12.9. The minimum Gasteiger partial charge on any atom is -0.444 e. The van der Waals surface area contributed by atoms with Gasteiger partial charge in [0, 0.05) is 0 Å². The number of carbonyl (C=O) groups is 3. The van der Waals surface area contributed by atoms with Crippen molar-refractivity contribution in [3.05, 3.63) is 0 Å². The Balaban J connectivity index is 5.06. The molecule has 0 aliphatic rings. The molecule has 0 aromatic carbocycles. The molecule has 0 radical (unpaired) electrons. The summed E-state index contributed by atoms with van der Waals surface area (Å²) in [5.41, 5.74) is -0.763. The Morgan fingerprint density at radius 2 is 1.33 bits per heavy atom. The second kappa shape index (κ2) is 13.4. The Morgan fingerprint density at radius 1 is 0.900 bits per heavy atom. The number of hydrogen-bond acceptors (Lipinski definition) is 7. The first-order valence-electron chi connectivity index (χ1n) is 9.44. The smallest absolute Gasteiger partial charge is 0.408 e. The fourth-order valence-corrected chi connectivity index (χ4v) is 4.04. The summed E-state index contributed by atoms with van der Waals surface area (Å²) in [5.74, 6) is -2.95. The van der Waals surface area contributed by atoms with Gasteiger partial charge >= 0.3 is 13.7 Å². The summed E-state index contributed by atoms with van der Waals surface area (Å²) in [6, 6.07) is -2.33. The number of nitrogens with one attached hydrogen (secondary N) is 3. The van der Waals surface area contributed by atoms with Gasteiger partial charge in [-0.3, -0.25) is 14.2 Å². The molecule has 10 nitrogen and oxygen atoms in total. The van der Waals surface area contributed by atoms with Crippen molar-refractivity contribution >= 4 is 48.7 Å². The molecule has 0 aliphatic carbocycles. The standard InChI is InChI=1S/C17H32Cl2N3O7P/c1-7-27-30(26,28-8-2)11(3)20-14(23)12(9-18)21-15(24)13(10-19)22-16(25)29-17(4,5)6/h11-13H,7-10H2,1-6H3,(H,20,23)(H,21,24)(H,22,25)/t11-,12+,13+/m1/s1. The van der Waals surface area contributed by atoms with Crippen LogP contribution in [0.2, 0.25) is 0 Å². The molecule has 30 heavy (non-hydrogen) atoms. The maximum atomic E-state index is 12.7. The van der Waals surface area contributed by atoms with E-state index in [-0.39, 0.29) is 25.0 Å². The molecule has 176 valence electrons. The zero-order chi connectivity index (χ0) is 23.5. The summed E-state index contributed by atoms with van der Waals surface area (Å²) >= 11 is 11.6. The van der Waals surface area contributed by atoms with Crippen LogP contribution in [-0.2, 0) is 27.9 Å². The first kappa shape index (κ1) is 28.9. The Bertz CT molecular complexity index is 621. The van der Waals surface area contributed by atoms with Crippen LogP contribution in [0.5, 0.6) is 0 Å². The fraction of sp³-hybridized carbons (Fsp3) is 0.824. The van der Waals surface area contributed by atoms with Crippen molar-refractivity contribution in [2.75, 3.05) is 25.0 Å². The van der Waals surface area contributed by atoms with Crippen molar-refractivity contribution in [1.82, 2.24) is 16.0 Å². The van der Waals surface area contributed by atoms with Crippen LogP contribution in [0.25, 0.3) is 0 Å². The third kappa shape index (κ3) is 10.3. The van der Waals surface area contributed by atoms with Gasteiger partial charge in [-0.15, -0.1) is 23.2 Å². The number of halogens is 2. The van der Waals surface area contributed by atoms with Gasteiger partial charge in [-0.25, -0.2) is 4.79 Å². The van der Waals surface area contributed by atoms with E-state index in [2.05, 4.69) is 16.0 Å². The summed E-state index contributed by atoms with van der Waals surface area (Å²) < 4.78 is 28.2. The molecule has 0 rings (SSSR count). The molecular formula is C17H32Cl2N3O7P. The van der Waals surface area contributed by atoms with E-state index in [1.807, 2.05) is 0 Å². The van der Waals surface area contributed by atoms with Crippen LogP contribution < -0.4 is 16.0 Å². The third-order valence-electron chi connectivity index (χ3n) is 3.39.